The number of imidazole rings is 1. The van der Waals surface area contributed by atoms with Crippen LogP contribution in [0.15, 0.2) is 35.4 Å². The number of nitrogens with zero attached hydrogens (tertiary/aromatic N) is 4. The molecule has 7 heteroatoms. The lowest BCUT2D eigenvalue weighted by molar-refractivity contribution is 0.558. The molecule has 0 aromatic carbocycles. The van der Waals surface area contributed by atoms with Crippen molar-refractivity contribution < 1.29 is 4.42 Å². The van der Waals surface area contributed by atoms with Crippen molar-refractivity contribution in [3.8, 4) is 0 Å². The zero-order valence-corrected chi connectivity index (χ0v) is 11.0. The van der Waals surface area contributed by atoms with Crippen molar-refractivity contribution in [3.05, 3.63) is 47.9 Å². The Bertz CT molecular complexity index is 654. The van der Waals surface area contributed by atoms with E-state index in [9.17, 15) is 0 Å². The first-order valence-electron chi connectivity index (χ1n) is 6.49. The van der Waals surface area contributed by atoms with Crippen molar-refractivity contribution in [3.63, 3.8) is 0 Å². The van der Waals surface area contributed by atoms with E-state index in [0.717, 1.165) is 36.2 Å². The molecule has 104 valence electrons. The number of furan rings is 1. The SMILES string of the molecule is Nc1nc(CCCc2cn(Cc3ccoc3)nn2)c[nH]1. The summed E-state index contributed by atoms with van der Waals surface area (Å²) in [4.78, 5) is 7.04. The number of nitrogens with two attached hydrogens (primary N) is 1. The predicted molar refractivity (Wildman–Crippen MR) is 72.9 cm³/mol. The second-order valence-corrected chi connectivity index (χ2v) is 4.67. The normalized spacial score (nSPS) is 11.0. The first-order chi connectivity index (χ1) is 9.79. The van der Waals surface area contributed by atoms with Gasteiger partial charge in [0, 0.05) is 18.0 Å². The highest BCUT2D eigenvalue weighted by Crippen LogP contribution is 2.07. The number of aryl methyl sites for hydroxylation is 2. The van der Waals surface area contributed by atoms with Gasteiger partial charge in [-0.3, -0.25) is 0 Å². The Labute approximate surface area is 115 Å². The lowest BCUT2D eigenvalue weighted by Gasteiger charge is -1.95. The van der Waals surface area contributed by atoms with E-state index in [4.69, 9.17) is 10.2 Å². The summed E-state index contributed by atoms with van der Waals surface area (Å²) < 4.78 is 6.84. The van der Waals surface area contributed by atoms with Gasteiger partial charge < -0.3 is 15.1 Å². The lowest BCUT2D eigenvalue weighted by Crippen LogP contribution is -1.98. The Kier molecular flexibility index (Phi) is 3.49. The molecule has 0 amide bonds. The summed E-state index contributed by atoms with van der Waals surface area (Å²) in [5, 5.41) is 8.27. The average Bonchev–Trinajstić information content (AvgIpc) is 3.14. The van der Waals surface area contributed by atoms with Crippen LogP contribution in [0.3, 0.4) is 0 Å². The van der Waals surface area contributed by atoms with Crippen molar-refractivity contribution in [2.24, 2.45) is 0 Å². The van der Waals surface area contributed by atoms with E-state index in [1.165, 1.54) is 0 Å². The van der Waals surface area contributed by atoms with Crippen LogP contribution in [-0.2, 0) is 19.4 Å². The number of hydrogen-bond donors (Lipinski definition) is 2. The van der Waals surface area contributed by atoms with Gasteiger partial charge in [0.2, 0.25) is 0 Å². The molecule has 7 nitrogen and oxygen atoms in total. The molecule has 0 atom stereocenters. The van der Waals surface area contributed by atoms with E-state index in [1.54, 1.807) is 12.5 Å². The van der Waals surface area contributed by atoms with E-state index in [-0.39, 0.29) is 0 Å². The van der Waals surface area contributed by atoms with Gasteiger partial charge in [-0.1, -0.05) is 5.21 Å². The number of nitrogens with one attached hydrogen (secondary N) is 1. The van der Waals surface area contributed by atoms with E-state index in [0.29, 0.717) is 12.5 Å². The maximum absolute atomic E-state index is 5.53. The molecule has 3 aromatic heterocycles. The molecule has 0 saturated carbocycles. The molecule has 0 bridgehead atoms. The van der Waals surface area contributed by atoms with Gasteiger partial charge in [-0.25, -0.2) is 9.67 Å². The lowest BCUT2D eigenvalue weighted by atomic mass is 10.2. The highest BCUT2D eigenvalue weighted by molar-refractivity contribution is 5.18. The molecule has 0 spiro atoms. The third kappa shape index (κ3) is 3.05. The Morgan fingerprint density at radius 3 is 2.95 bits per heavy atom. The van der Waals surface area contributed by atoms with E-state index in [2.05, 4.69) is 20.3 Å². The zero-order valence-electron chi connectivity index (χ0n) is 11.0. The Morgan fingerprint density at radius 1 is 1.30 bits per heavy atom. The Morgan fingerprint density at radius 2 is 2.20 bits per heavy atom. The molecule has 0 fully saturated rings. The first-order valence-corrected chi connectivity index (χ1v) is 6.49. The Balaban J connectivity index is 1.50. The molecule has 20 heavy (non-hydrogen) atoms. The van der Waals surface area contributed by atoms with Crippen LogP contribution in [0.4, 0.5) is 5.95 Å². The van der Waals surface area contributed by atoms with Gasteiger partial charge in [-0.2, -0.15) is 0 Å². The molecule has 3 heterocycles. The highest BCUT2D eigenvalue weighted by Gasteiger charge is 2.04. The van der Waals surface area contributed by atoms with Gasteiger partial charge in [0.25, 0.3) is 0 Å². The van der Waals surface area contributed by atoms with Crippen LogP contribution in [-0.4, -0.2) is 25.0 Å². The fraction of sp³-hybridized carbons (Fsp3) is 0.308. The number of H-pyrrole nitrogens is 1. The maximum Gasteiger partial charge on any atom is 0.197 e. The second-order valence-electron chi connectivity index (χ2n) is 4.67. The van der Waals surface area contributed by atoms with Gasteiger partial charge in [0.05, 0.1) is 30.5 Å². The topological polar surface area (TPSA) is 98.6 Å². The molecular formula is C13H16N6O. The minimum Gasteiger partial charge on any atom is -0.472 e. The van der Waals surface area contributed by atoms with Crippen molar-refractivity contribution in [1.82, 2.24) is 25.0 Å². The highest BCUT2D eigenvalue weighted by atomic mass is 16.3. The smallest absolute Gasteiger partial charge is 0.197 e. The molecule has 3 rings (SSSR count). The molecule has 0 unspecified atom stereocenters. The molecule has 0 aliphatic carbocycles. The first kappa shape index (κ1) is 12.5. The summed E-state index contributed by atoms with van der Waals surface area (Å²) in [7, 11) is 0. The standard InChI is InChI=1S/C13H16N6O/c14-13-15-6-11(16-13)2-1-3-12-8-19(18-17-12)7-10-4-5-20-9-10/h4-6,8-9H,1-3,7H2,(H3,14,15,16). The van der Waals surface area contributed by atoms with E-state index in [1.807, 2.05) is 23.1 Å². The third-order valence-electron chi connectivity index (χ3n) is 3.03. The van der Waals surface area contributed by atoms with Gasteiger partial charge in [0.15, 0.2) is 5.95 Å². The predicted octanol–water partition coefficient (Wildman–Crippen LogP) is 1.40. The van der Waals surface area contributed by atoms with Crippen molar-refractivity contribution >= 4 is 5.95 Å². The van der Waals surface area contributed by atoms with Crippen LogP contribution < -0.4 is 5.73 Å². The Hall–Kier alpha value is -2.57. The average molecular weight is 272 g/mol. The number of rotatable bonds is 6. The third-order valence-corrected chi connectivity index (χ3v) is 3.03. The van der Waals surface area contributed by atoms with Crippen LogP contribution in [0.1, 0.15) is 23.4 Å². The molecule has 0 aliphatic rings. The second kappa shape index (κ2) is 5.60. The van der Waals surface area contributed by atoms with Crippen LogP contribution in [0.2, 0.25) is 0 Å². The minimum atomic E-state index is 0.464. The van der Waals surface area contributed by atoms with Crippen molar-refractivity contribution in [2.75, 3.05) is 5.73 Å². The molecule has 0 aliphatic heterocycles. The van der Waals surface area contributed by atoms with Crippen LogP contribution in [0, 0.1) is 0 Å². The summed E-state index contributed by atoms with van der Waals surface area (Å²) in [6.45, 7) is 0.680. The molecule has 0 radical (unpaired) electrons. The quantitative estimate of drug-likeness (QED) is 0.706. The zero-order chi connectivity index (χ0) is 13.8. The van der Waals surface area contributed by atoms with Crippen molar-refractivity contribution in [1.29, 1.82) is 0 Å². The number of aromatic nitrogens is 5. The van der Waals surface area contributed by atoms with E-state index >= 15 is 0 Å². The molecule has 0 saturated heterocycles. The van der Waals surface area contributed by atoms with Crippen molar-refractivity contribution in [2.45, 2.75) is 25.8 Å². The summed E-state index contributed by atoms with van der Waals surface area (Å²) in [5.74, 6) is 0.464. The van der Waals surface area contributed by atoms with Gasteiger partial charge in [0.1, 0.15) is 0 Å². The monoisotopic (exact) mass is 272 g/mol. The largest absolute Gasteiger partial charge is 0.472 e. The number of nitrogen functional groups attached to an aromatic ring is 1. The number of aromatic amines is 1. The van der Waals surface area contributed by atoms with Gasteiger partial charge >= 0.3 is 0 Å². The fourth-order valence-corrected chi connectivity index (χ4v) is 2.06. The molecule has 3 aromatic rings. The van der Waals surface area contributed by atoms with Gasteiger partial charge in [-0.05, 0) is 25.3 Å². The van der Waals surface area contributed by atoms with Crippen LogP contribution >= 0.6 is 0 Å². The molecule has 3 N–H and O–H groups in total. The fourth-order valence-electron chi connectivity index (χ4n) is 2.06. The summed E-state index contributed by atoms with van der Waals surface area (Å²) in [6.07, 6.45) is 9.89. The molecular weight excluding hydrogens is 256 g/mol. The van der Waals surface area contributed by atoms with E-state index < -0.39 is 0 Å². The summed E-state index contributed by atoms with van der Waals surface area (Å²) in [5.41, 5.74) is 8.57. The number of hydrogen-bond acceptors (Lipinski definition) is 5. The minimum absolute atomic E-state index is 0.464. The maximum atomic E-state index is 5.53. The number of anilines is 1. The van der Waals surface area contributed by atoms with Crippen LogP contribution in [0.5, 0.6) is 0 Å². The van der Waals surface area contributed by atoms with Crippen LogP contribution in [0.25, 0.3) is 0 Å². The summed E-state index contributed by atoms with van der Waals surface area (Å²) >= 11 is 0. The summed E-state index contributed by atoms with van der Waals surface area (Å²) in [6, 6.07) is 1.92. The van der Waals surface area contributed by atoms with Gasteiger partial charge in [-0.15, -0.1) is 5.10 Å².